The highest BCUT2D eigenvalue weighted by Crippen LogP contribution is 2.20. The maximum atomic E-state index is 12.2. The average Bonchev–Trinajstić information content (AvgIpc) is 2.35. The number of hydrogen-bond acceptors (Lipinski definition) is 4. The van der Waals surface area contributed by atoms with Crippen LogP contribution < -0.4 is 0 Å². The molecule has 6 nitrogen and oxygen atoms in total. The zero-order valence-corrected chi connectivity index (χ0v) is 11.4. The van der Waals surface area contributed by atoms with E-state index in [9.17, 15) is 13.2 Å². The van der Waals surface area contributed by atoms with Gasteiger partial charge in [0.05, 0.1) is 22.9 Å². The summed E-state index contributed by atoms with van der Waals surface area (Å²) in [4.78, 5) is 10.5. The zero-order valence-electron chi connectivity index (χ0n) is 10.6. The number of aryl methyl sites for hydroxylation is 1. The van der Waals surface area contributed by atoms with Crippen molar-refractivity contribution in [1.29, 1.82) is 5.26 Å². The van der Waals surface area contributed by atoms with Gasteiger partial charge in [-0.3, -0.25) is 4.79 Å². The Balaban J connectivity index is 3.07. The van der Waals surface area contributed by atoms with E-state index >= 15 is 0 Å². The second-order valence-corrected chi connectivity index (χ2v) is 6.08. The molecule has 1 aromatic rings. The van der Waals surface area contributed by atoms with Crippen LogP contribution in [-0.4, -0.2) is 37.4 Å². The van der Waals surface area contributed by atoms with Crippen LogP contribution in [0.4, 0.5) is 0 Å². The normalized spacial score (nSPS) is 11.3. The van der Waals surface area contributed by atoms with Crippen molar-refractivity contribution in [3.63, 3.8) is 0 Å². The van der Waals surface area contributed by atoms with E-state index < -0.39 is 16.0 Å². The lowest BCUT2D eigenvalue weighted by Gasteiger charge is -2.17. The van der Waals surface area contributed by atoms with Gasteiger partial charge < -0.3 is 5.11 Å². The summed E-state index contributed by atoms with van der Waals surface area (Å²) in [6.45, 7) is 1.50. The van der Waals surface area contributed by atoms with Crippen molar-refractivity contribution < 1.29 is 18.3 Å². The highest BCUT2D eigenvalue weighted by molar-refractivity contribution is 7.89. The first-order chi connectivity index (χ1) is 8.78. The molecule has 0 unspecified atom stereocenters. The Labute approximate surface area is 111 Å². The minimum Gasteiger partial charge on any atom is -0.481 e. The molecule has 0 aliphatic carbocycles. The summed E-state index contributed by atoms with van der Waals surface area (Å²) in [7, 11) is -2.40. The molecule has 0 aliphatic heterocycles. The van der Waals surface area contributed by atoms with Gasteiger partial charge in [0, 0.05) is 13.6 Å². The Morgan fingerprint density at radius 1 is 1.47 bits per heavy atom. The zero-order chi connectivity index (χ0) is 14.6. The molecular weight excluding hydrogens is 268 g/mol. The number of carboxylic acid groups (broad SMARTS) is 1. The smallest absolute Gasteiger partial charge is 0.304 e. The van der Waals surface area contributed by atoms with Gasteiger partial charge in [-0.05, 0) is 30.7 Å². The topological polar surface area (TPSA) is 98.5 Å². The van der Waals surface area contributed by atoms with Crippen LogP contribution in [-0.2, 0) is 14.8 Å². The molecular formula is C12H14N2O4S. The Hall–Kier alpha value is -1.91. The van der Waals surface area contributed by atoms with Crippen molar-refractivity contribution in [2.45, 2.75) is 18.2 Å². The van der Waals surface area contributed by atoms with Crippen molar-refractivity contribution in [2.24, 2.45) is 0 Å². The van der Waals surface area contributed by atoms with Crippen LogP contribution in [0.15, 0.2) is 23.1 Å². The quantitative estimate of drug-likeness (QED) is 0.867. The number of hydrogen-bond donors (Lipinski definition) is 1. The molecule has 0 bridgehead atoms. The van der Waals surface area contributed by atoms with Crippen molar-refractivity contribution in [2.75, 3.05) is 13.6 Å². The third-order valence-corrected chi connectivity index (χ3v) is 4.65. The molecule has 1 N–H and O–H groups in total. The highest BCUT2D eigenvalue weighted by Gasteiger charge is 2.23. The van der Waals surface area contributed by atoms with Gasteiger partial charge in [0.25, 0.3) is 0 Å². The largest absolute Gasteiger partial charge is 0.481 e. The fourth-order valence-corrected chi connectivity index (χ4v) is 2.92. The van der Waals surface area contributed by atoms with Gasteiger partial charge in [0.2, 0.25) is 10.0 Å². The van der Waals surface area contributed by atoms with E-state index in [2.05, 4.69) is 0 Å². The van der Waals surface area contributed by atoms with E-state index in [1.165, 1.54) is 25.2 Å². The fraction of sp³-hybridized carbons (Fsp3) is 0.333. The van der Waals surface area contributed by atoms with Crippen molar-refractivity contribution >= 4 is 16.0 Å². The molecule has 0 aliphatic rings. The molecule has 1 aromatic carbocycles. The minimum atomic E-state index is -3.73. The molecule has 0 spiro atoms. The number of carboxylic acids is 1. The fourth-order valence-electron chi connectivity index (χ4n) is 1.55. The lowest BCUT2D eigenvalue weighted by molar-refractivity contribution is -0.137. The lowest BCUT2D eigenvalue weighted by atomic mass is 10.2. The van der Waals surface area contributed by atoms with Gasteiger partial charge in [-0.1, -0.05) is 0 Å². The van der Waals surface area contributed by atoms with Gasteiger partial charge in [-0.25, -0.2) is 12.7 Å². The van der Waals surface area contributed by atoms with E-state index in [0.717, 1.165) is 4.31 Å². The first-order valence-corrected chi connectivity index (χ1v) is 6.92. The van der Waals surface area contributed by atoms with Gasteiger partial charge in [0.15, 0.2) is 0 Å². The predicted molar refractivity (Wildman–Crippen MR) is 68.0 cm³/mol. The maximum absolute atomic E-state index is 12.2. The maximum Gasteiger partial charge on any atom is 0.304 e. The molecule has 0 saturated heterocycles. The monoisotopic (exact) mass is 282 g/mol. The summed E-state index contributed by atoms with van der Waals surface area (Å²) in [6.07, 6.45) is -0.259. The van der Waals surface area contributed by atoms with Crippen molar-refractivity contribution in [1.82, 2.24) is 4.31 Å². The van der Waals surface area contributed by atoms with Gasteiger partial charge >= 0.3 is 5.97 Å². The van der Waals surface area contributed by atoms with Crippen molar-refractivity contribution in [3.05, 3.63) is 29.3 Å². The number of sulfonamides is 1. The minimum absolute atomic E-state index is 0.0828. The Morgan fingerprint density at radius 3 is 2.58 bits per heavy atom. The number of aliphatic carboxylic acids is 1. The molecule has 102 valence electrons. The summed E-state index contributed by atoms with van der Waals surface area (Å²) < 4.78 is 25.4. The standard InChI is InChI=1S/C12H14N2O4S/c1-9-7-10(8-13)3-4-11(9)19(17,18)14(2)6-5-12(15)16/h3-4,7H,5-6H2,1-2H3,(H,15,16). The third kappa shape index (κ3) is 3.53. The van der Waals surface area contributed by atoms with Gasteiger partial charge in [0.1, 0.15) is 0 Å². The highest BCUT2D eigenvalue weighted by atomic mass is 32.2. The van der Waals surface area contributed by atoms with Crippen molar-refractivity contribution in [3.8, 4) is 6.07 Å². The number of nitrogens with zero attached hydrogens (tertiary/aromatic N) is 2. The molecule has 1 rings (SSSR count). The SMILES string of the molecule is Cc1cc(C#N)ccc1S(=O)(=O)N(C)CCC(=O)O. The van der Waals surface area contributed by atoms with E-state index in [1.807, 2.05) is 6.07 Å². The summed E-state index contributed by atoms with van der Waals surface area (Å²) in [5.74, 6) is -1.06. The third-order valence-electron chi connectivity index (χ3n) is 2.63. The Bertz CT molecular complexity index is 632. The molecule has 0 atom stereocenters. The average molecular weight is 282 g/mol. The number of nitriles is 1. The number of carbonyl (C=O) groups is 1. The van der Waals surface area contributed by atoms with Crippen LogP contribution in [0, 0.1) is 18.3 Å². The van der Waals surface area contributed by atoms with Crippen LogP contribution in [0.1, 0.15) is 17.5 Å². The van der Waals surface area contributed by atoms with Crippen LogP contribution in [0.25, 0.3) is 0 Å². The van der Waals surface area contributed by atoms with Crippen LogP contribution in [0.5, 0.6) is 0 Å². The second-order valence-electron chi connectivity index (χ2n) is 4.06. The molecule has 0 heterocycles. The molecule has 0 radical (unpaired) electrons. The number of benzene rings is 1. The van der Waals surface area contributed by atoms with Gasteiger partial charge in [-0.2, -0.15) is 5.26 Å². The first kappa shape index (κ1) is 15.1. The molecule has 0 aromatic heterocycles. The Morgan fingerprint density at radius 2 is 2.11 bits per heavy atom. The van der Waals surface area contributed by atoms with Crippen LogP contribution in [0.3, 0.4) is 0 Å². The summed E-state index contributed by atoms with van der Waals surface area (Å²) >= 11 is 0. The molecule has 0 amide bonds. The number of rotatable bonds is 5. The van der Waals surface area contributed by atoms with Crippen LogP contribution in [0.2, 0.25) is 0 Å². The van der Waals surface area contributed by atoms with Crippen LogP contribution >= 0.6 is 0 Å². The first-order valence-electron chi connectivity index (χ1n) is 5.48. The molecule has 0 saturated carbocycles. The second kappa shape index (κ2) is 5.82. The van der Waals surface area contributed by atoms with E-state index in [0.29, 0.717) is 11.1 Å². The van der Waals surface area contributed by atoms with E-state index in [1.54, 1.807) is 6.92 Å². The van der Waals surface area contributed by atoms with Gasteiger partial charge in [-0.15, -0.1) is 0 Å². The molecule has 0 fully saturated rings. The van der Waals surface area contributed by atoms with E-state index in [4.69, 9.17) is 10.4 Å². The summed E-state index contributed by atoms with van der Waals surface area (Å²) in [5, 5.41) is 17.3. The Kier molecular flexibility index (Phi) is 4.64. The summed E-state index contributed by atoms with van der Waals surface area (Å²) in [6, 6.07) is 6.20. The molecule has 7 heteroatoms. The summed E-state index contributed by atoms with van der Waals surface area (Å²) in [5.41, 5.74) is 0.839. The lowest BCUT2D eigenvalue weighted by Crippen LogP contribution is -2.29. The molecule has 19 heavy (non-hydrogen) atoms. The predicted octanol–water partition coefficient (Wildman–Crippen LogP) is 0.962. The van der Waals surface area contributed by atoms with E-state index in [-0.39, 0.29) is 17.9 Å².